The van der Waals surface area contributed by atoms with E-state index in [4.69, 9.17) is 14.2 Å². The molecule has 0 bridgehead atoms. The SMILES string of the molecule is CC/C=C\C/C=C\C/C=C\C/C=C\CCCCCC(=O)OC(COC(=O)CCCCCCC\C=C/C=C\C=C/CCCCCCC)COC(=O)CCCCCCCCCCCCCCC. The first-order valence-corrected chi connectivity index (χ1v) is 27.1. The van der Waals surface area contributed by atoms with E-state index in [2.05, 4.69) is 106 Å². The molecule has 6 heteroatoms. The standard InChI is InChI=1S/C59H100O6/c1-4-7-10-13-16-19-22-25-27-29-30-32-34-37-40-43-46-49-52-58(61)64-55-56(54-63-57(60)51-48-45-42-39-36-33-24-21-18-15-12-9-6-3)65-59(62)53-50-47-44-41-38-35-31-28-26-23-20-17-14-11-8-5-2/h8,11,17,20,22,25-30,32,35,38,56H,4-7,9-10,12-16,18-19,21,23-24,31,33-34,36-37,39-55H2,1-3H3/b11-8-,20-17-,25-22-,28-26-,29-27-,32-30-,38-35-. The van der Waals surface area contributed by atoms with E-state index in [1.807, 2.05) is 0 Å². The maximum absolute atomic E-state index is 12.8. The Morgan fingerprint density at radius 1 is 0.338 bits per heavy atom. The van der Waals surface area contributed by atoms with E-state index in [-0.39, 0.29) is 37.5 Å². The molecule has 0 N–H and O–H groups in total. The van der Waals surface area contributed by atoms with Crippen LogP contribution in [0.4, 0.5) is 0 Å². The molecule has 0 rings (SSSR count). The Labute approximate surface area is 401 Å². The Hall–Kier alpha value is -3.41. The third kappa shape index (κ3) is 51.4. The van der Waals surface area contributed by atoms with Crippen molar-refractivity contribution in [3.8, 4) is 0 Å². The highest BCUT2D eigenvalue weighted by molar-refractivity contribution is 5.71. The Morgan fingerprint density at radius 2 is 0.662 bits per heavy atom. The van der Waals surface area contributed by atoms with Crippen LogP contribution in [0.1, 0.15) is 252 Å². The minimum atomic E-state index is -0.800. The van der Waals surface area contributed by atoms with Gasteiger partial charge in [0.25, 0.3) is 0 Å². The molecule has 0 saturated carbocycles. The van der Waals surface area contributed by atoms with E-state index < -0.39 is 6.10 Å². The van der Waals surface area contributed by atoms with Gasteiger partial charge in [-0.25, -0.2) is 0 Å². The Kier molecular flexibility index (Phi) is 50.4. The minimum absolute atomic E-state index is 0.0950. The number of unbranched alkanes of at least 4 members (excludes halogenated alkanes) is 25. The lowest BCUT2D eigenvalue weighted by Crippen LogP contribution is -2.30. The maximum atomic E-state index is 12.8. The second-order valence-corrected chi connectivity index (χ2v) is 17.8. The van der Waals surface area contributed by atoms with Crippen molar-refractivity contribution in [2.45, 2.75) is 258 Å². The van der Waals surface area contributed by atoms with Crippen molar-refractivity contribution < 1.29 is 28.6 Å². The highest BCUT2D eigenvalue weighted by Crippen LogP contribution is 2.15. The molecule has 1 unspecified atom stereocenters. The number of hydrogen-bond donors (Lipinski definition) is 0. The fraction of sp³-hybridized carbons (Fsp3) is 0.712. The van der Waals surface area contributed by atoms with Crippen LogP contribution in [0, 0.1) is 0 Å². The van der Waals surface area contributed by atoms with Crippen molar-refractivity contribution in [3.63, 3.8) is 0 Å². The van der Waals surface area contributed by atoms with Gasteiger partial charge in [-0.15, -0.1) is 0 Å². The number of hydrogen-bond acceptors (Lipinski definition) is 6. The van der Waals surface area contributed by atoms with Crippen molar-refractivity contribution in [2.24, 2.45) is 0 Å². The van der Waals surface area contributed by atoms with Gasteiger partial charge in [0.1, 0.15) is 13.2 Å². The number of allylic oxidation sites excluding steroid dienone is 14. The Balaban J connectivity index is 4.47. The predicted molar refractivity (Wildman–Crippen MR) is 279 cm³/mol. The summed E-state index contributed by atoms with van der Waals surface area (Å²) >= 11 is 0. The van der Waals surface area contributed by atoms with Gasteiger partial charge in [0.15, 0.2) is 6.10 Å². The minimum Gasteiger partial charge on any atom is -0.462 e. The molecule has 0 saturated heterocycles. The van der Waals surface area contributed by atoms with Crippen LogP contribution in [0.15, 0.2) is 85.1 Å². The summed E-state index contributed by atoms with van der Waals surface area (Å²) in [5, 5.41) is 0. The molecule has 0 radical (unpaired) electrons. The van der Waals surface area contributed by atoms with E-state index in [0.29, 0.717) is 12.8 Å². The van der Waals surface area contributed by atoms with Crippen LogP contribution in [-0.4, -0.2) is 37.2 Å². The fourth-order valence-corrected chi connectivity index (χ4v) is 7.38. The molecule has 0 aliphatic carbocycles. The lowest BCUT2D eigenvalue weighted by Gasteiger charge is -2.18. The van der Waals surface area contributed by atoms with E-state index >= 15 is 0 Å². The third-order valence-corrected chi connectivity index (χ3v) is 11.4. The lowest BCUT2D eigenvalue weighted by molar-refractivity contribution is -0.167. The molecule has 0 heterocycles. The zero-order valence-corrected chi connectivity index (χ0v) is 42.5. The van der Waals surface area contributed by atoms with Gasteiger partial charge in [-0.05, 0) is 83.5 Å². The van der Waals surface area contributed by atoms with Crippen molar-refractivity contribution in [1.29, 1.82) is 0 Å². The summed E-state index contributed by atoms with van der Waals surface area (Å²) in [5.41, 5.74) is 0. The van der Waals surface area contributed by atoms with Gasteiger partial charge >= 0.3 is 17.9 Å². The highest BCUT2D eigenvalue weighted by Gasteiger charge is 2.19. The van der Waals surface area contributed by atoms with Crippen LogP contribution in [0.25, 0.3) is 0 Å². The lowest BCUT2D eigenvalue weighted by atomic mass is 10.0. The van der Waals surface area contributed by atoms with Crippen LogP contribution >= 0.6 is 0 Å². The Morgan fingerprint density at radius 3 is 1.08 bits per heavy atom. The quantitative estimate of drug-likeness (QED) is 0.0199. The van der Waals surface area contributed by atoms with Crippen molar-refractivity contribution >= 4 is 17.9 Å². The summed E-state index contributed by atoms with van der Waals surface area (Å²) in [7, 11) is 0. The van der Waals surface area contributed by atoms with Gasteiger partial charge in [0.05, 0.1) is 0 Å². The van der Waals surface area contributed by atoms with Gasteiger partial charge in [0.2, 0.25) is 0 Å². The Bertz CT molecular complexity index is 1270. The molecule has 0 aliphatic rings. The predicted octanol–water partition coefficient (Wildman–Crippen LogP) is 18.0. The molecule has 1 atom stereocenters. The van der Waals surface area contributed by atoms with E-state index in [1.165, 1.54) is 96.3 Å². The van der Waals surface area contributed by atoms with Crippen molar-refractivity contribution in [1.82, 2.24) is 0 Å². The number of carbonyl (C=O) groups excluding carboxylic acids is 3. The van der Waals surface area contributed by atoms with E-state index in [0.717, 1.165) is 116 Å². The number of ether oxygens (including phenoxy) is 3. The molecule has 0 aromatic rings. The van der Waals surface area contributed by atoms with Gasteiger partial charge in [-0.3, -0.25) is 14.4 Å². The number of carbonyl (C=O) groups is 3. The second-order valence-electron chi connectivity index (χ2n) is 17.8. The first kappa shape index (κ1) is 61.6. The molecule has 6 nitrogen and oxygen atoms in total. The molecular weight excluding hydrogens is 805 g/mol. The summed E-state index contributed by atoms with van der Waals surface area (Å²) in [6.07, 6.45) is 68.5. The summed E-state index contributed by atoms with van der Waals surface area (Å²) < 4.78 is 16.8. The second kappa shape index (κ2) is 53.2. The molecule has 372 valence electrons. The average Bonchev–Trinajstić information content (AvgIpc) is 3.30. The molecule has 65 heavy (non-hydrogen) atoms. The number of rotatable bonds is 48. The average molecular weight is 905 g/mol. The fourth-order valence-electron chi connectivity index (χ4n) is 7.38. The van der Waals surface area contributed by atoms with Gasteiger partial charge in [-0.2, -0.15) is 0 Å². The highest BCUT2D eigenvalue weighted by atomic mass is 16.6. The smallest absolute Gasteiger partial charge is 0.306 e. The van der Waals surface area contributed by atoms with Crippen LogP contribution in [0.3, 0.4) is 0 Å². The normalized spacial score (nSPS) is 12.7. The van der Waals surface area contributed by atoms with Crippen LogP contribution in [-0.2, 0) is 28.6 Å². The molecule has 0 aromatic heterocycles. The molecule has 0 fully saturated rings. The van der Waals surface area contributed by atoms with Gasteiger partial charge in [-0.1, -0.05) is 234 Å². The zero-order chi connectivity index (χ0) is 47.2. The molecule has 0 amide bonds. The maximum Gasteiger partial charge on any atom is 0.306 e. The largest absolute Gasteiger partial charge is 0.462 e. The molecule has 0 aliphatic heterocycles. The first-order chi connectivity index (χ1) is 32.0. The van der Waals surface area contributed by atoms with Crippen molar-refractivity contribution in [3.05, 3.63) is 85.1 Å². The first-order valence-electron chi connectivity index (χ1n) is 27.1. The molecule has 0 spiro atoms. The third-order valence-electron chi connectivity index (χ3n) is 11.4. The summed E-state index contributed by atoms with van der Waals surface area (Å²) in [6, 6.07) is 0. The van der Waals surface area contributed by atoms with Gasteiger partial charge < -0.3 is 14.2 Å². The molecule has 0 aromatic carbocycles. The van der Waals surface area contributed by atoms with Crippen LogP contribution < -0.4 is 0 Å². The van der Waals surface area contributed by atoms with Gasteiger partial charge in [0, 0.05) is 19.3 Å². The number of esters is 3. The topological polar surface area (TPSA) is 78.9 Å². The summed E-state index contributed by atoms with van der Waals surface area (Å²) in [5.74, 6) is -0.944. The monoisotopic (exact) mass is 905 g/mol. The summed E-state index contributed by atoms with van der Waals surface area (Å²) in [6.45, 7) is 6.47. The zero-order valence-electron chi connectivity index (χ0n) is 42.5. The van der Waals surface area contributed by atoms with E-state index in [9.17, 15) is 14.4 Å². The van der Waals surface area contributed by atoms with Crippen molar-refractivity contribution in [2.75, 3.05) is 13.2 Å². The molecular formula is C59H100O6. The van der Waals surface area contributed by atoms with Crippen LogP contribution in [0.2, 0.25) is 0 Å². The van der Waals surface area contributed by atoms with E-state index in [1.54, 1.807) is 0 Å². The summed E-state index contributed by atoms with van der Waals surface area (Å²) in [4.78, 5) is 38.0. The van der Waals surface area contributed by atoms with Crippen LogP contribution in [0.5, 0.6) is 0 Å².